The summed E-state index contributed by atoms with van der Waals surface area (Å²) in [4.78, 5) is 20.9. The molecule has 0 radical (unpaired) electrons. The van der Waals surface area contributed by atoms with E-state index in [2.05, 4.69) is 14.9 Å². The zero-order chi connectivity index (χ0) is 18.2. The maximum absolute atomic E-state index is 11.4. The quantitative estimate of drug-likeness (QED) is 0.891. The lowest BCUT2D eigenvalue weighted by molar-refractivity contribution is 0.0925. The number of piperidine rings is 1. The highest BCUT2D eigenvalue weighted by atomic mass is 16.5. The molecule has 0 saturated carbocycles. The molecular weight excluding hydrogens is 318 g/mol. The van der Waals surface area contributed by atoms with Gasteiger partial charge in [0.2, 0.25) is 11.3 Å². The number of hydrogen-bond acceptors (Lipinski definition) is 5. The van der Waals surface area contributed by atoms with Crippen molar-refractivity contribution in [2.75, 3.05) is 13.1 Å². The highest BCUT2D eigenvalue weighted by molar-refractivity contribution is 5.18. The molecule has 2 aromatic rings. The Kier molecular flexibility index (Phi) is 7.01. The maximum atomic E-state index is 11.4. The molecule has 2 aromatic heterocycles. The van der Waals surface area contributed by atoms with Crippen LogP contribution >= 0.6 is 0 Å². The summed E-state index contributed by atoms with van der Waals surface area (Å²) in [5, 5.41) is 9.26. The lowest BCUT2D eigenvalue weighted by Crippen LogP contribution is -2.38. The summed E-state index contributed by atoms with van der Waals surface area (Å²) in [5.41, 5.74) is 1.59. The first-order valence-electron chi connectivity index (χ1n) is 8.82. The molecule has 0 aliphatic carbocycles. The van der Waals surface area contributed by atoms with Crippen LogP contribution in [0.15, 0.2) is 35.4 Å². The van der Waals surface area contributed by atoms with E-state index in [1.807, 2.05) is 39.1 Å². The van der Waals surface area contributed by atoms with Crippen molar-refractivity contribution in [3.05, 3.63) is 52.1 Å². The molecule has 1 saturated heterocycles. The van der Waals surface area contributed by atoms with Crippen molar-refractivity contribution in [1.29, 1.82) is 0 Å². The van der Waals surface area contributed by atoms with Gasteiger partial charge < -0.3 is 14.8 Å². The van der Waals surface area contributed by atoms with Gasteiger partial charge in [0.1, 0.15) is 6.10 Å². The Hall–Kier alpha value is -2.34. The van der Waals surface area contributed by atoms with Gasteiger partial charge >= 0.3 is 0 Å². The fourth-order valence-electron chi connectivity index (χ4n) is 2.72. The molecule has 3 rings (SSSR count). The third-order valence-electron chi connectivity index (χ3n) is 4.05. The Morgan fingerprint density at radius 3 is 2.64 bits per heavy atom. The summed E-state index contributed by atoms with van der Waals surface area (Å²) in [6.07, 6.45) is 5.19. The van der Waals surface area contributed by atoms with Crippen molar-refractivity contribution < 1.29 is 9.84 Å². The van der Waals surface area contributed by atoms with E-state index in [0.29, 0.717) is 12.4 Å². The highest BCUT2D eigenvalue weighted by Gasteiger charge is 2.21. The van der Waals surface area contributed by atoms with E-state index < -0.39 is 0 Å². The number of aromatic amines is 1. The second-order valence-corrected chi connectivity index (χ2v) is 5.97. The summed E-state index contributed by atoms with van der Waals surface area (Å²) in [7, 11) is 0. The molecule has 2 N–H and O–H groups in total. The Balaban J connectivity index is 0.00000109. The van der Waals surface area contributed by atoms with Crippen LogP contribution in [0.3, 0.4) is 0 Å². The first kappa shape index (κ1) is 19.0. The van der Waals surface area contributed by atoms with Gasteiger partial charge in [-0.05, 0) is 25.3 Å². The average Bonchev–Trinajstić information content (AvgIpc) is 2.63. The molecule has 0 unspecified atom stereocenters. The number of aromatic nitrogens is 2. The Morgan fingerprint density at radius 1 is 1.32 bits per heavy atom. The number of aryl methyl sites for hydroxylation is 1. The summed E-state index contributed by atoms with van der Waals surface area (Å²) < 4.78 is 5.92. The van der Waals surface area contributed by atoms with Crippen LogP contribution < -0.4 is 10.2 Å². The maximum Gasteiger partial charge on any atom is 0.223 e. The van der Waals surface area contributed by atoms with Gasteiger partial charge in [0.15, 0.2) is 5.75 Å². The molecule has 1 aliphatic heterocycles. The zero-order valence-corrected chi connectivity index (χ0v) is 15.2. The number of nitrogens with zero attached hydrogens (tertiary/aromatic N) is 2. The van der Waals surface area contributed by atoms with Crippen molar-refractivity contribution in [1.82, 2.24) is 14.9 Å². The van der Waals surface area contributed by atoms with E-state index in [0.717, 1.165) is 37.2 Å². The van der Waals surface area contributed by atoms with Crippen molar-refractivity contribution >= 4 is 0 Å². The number of likely N-dealkylation sites (tertiary alicyclic amines) is 1. The van der Waals surface area contributed by atoms with Gasteiger partial charge in [0.25, 0.3) is 0 Å². The molecule has 6 heteroatoms. The highest BCUT2D eigenvalue weighted by Crippen LogP contribution is 2.18. The van der Waals surface area contributed by atoms with Crippen molar-refractivity contribution in [3.63, 3.8) is 0 Å². The van der Waals surface area contributed by atoms with E-state index in [4.69, 9.17) is 4.74 Å². The largest absolute Gasteiger partial charge is 0.503 e. The van der Waals surface area contributed by atoms with E-state index in [9.17, 15) is 9.90 Å². The minimum atomic E-state index is -0.345. The van der Waals surface area contributed by atoms with Crippen molar-refractivity contribution in [2.24, 2.45) is 0 Å². The smallest absolute Gasteiger partial charge is 0.223 e. The van der Waals surface area contributed by atoms with Gasteiger partial charge in [-0.2, -0.15) is 0 Å². The van der Waals surface area contributed by atoms with Gasteiger partial charge in [0, 0.05) is 49.9 Å². The van der Waals surface area contributed by atoms with Crippen LogP contribution in [-0.4, -0.2) is 39.2 Å². The molecule has 0 spiro atoms. The van der Waals surface area contributed by atoms with E-state index in [-0.39, 0.29) is 17.3 Å². The molecule has 0 aromatic carbocycles. The van der Waals surface area contributed by atoms with Crippen molar-refractivity contribution in [3.8, 4) is 11.6 Å². The Morgan fingerprint density at radius 2 is 2.04 bits per heavy atom. The molecule has 0 bridgehead atoms. The van der Waals surface area contributed by atoms with Crippen LogP contribution in [0.4, 0.5) is 0 Å². The van der Waals surface area contributed by atoms with Crippen LogP contribution in [0.5, 0.6) is 11.6 Å². The average molecular weight is 345 g/mol. The number of hydrogen-bond donors (Lipinski definition) is 2. The molecule has 0 atom stereocenters. The Bertz CT molecular complexity index is 705. The first-order valence-corrected chi connectivity index (χ1v) is 8.82. The third-order valence-corrected chi connectivity index (χ3v) is 4.05. The minimum Gasteiger partial charge on any atom is -0.503 e. The van der Waals surface area contributed by atoms with Crippen LogP contribution in [0.25, 0.3) is 0 Å². The zero-order valence-electron chi connectivity index (χ0n) is 15.2. The predicted molar refractivity (Wildman–Crippen MR) is 98.0 cm³/mol. The molecule has 25 heavy (non-hydrogen) atoms. The van der Waals surface area contributed by atoms with Crippen molar-refractivity contribution in [2.45, 2.75) is 46.3 Å². The van der Waals surface area contributed by atoms with Gasteiger partial charge in [-0.3, -0.25) is 9.69 Å². The molecule has 1 fully saturated rings. The SMILES string of the molecule is CC.Cc1ccc(OC2CCN(Cc3cc(=O)c(O)c[nH]3)CC2)nc1. The summed E-state index contributed by atoms with van der Waals surface area (Å²) in [6.45, 7) is 8.48. The summed E-state index contributed by atoms with van der Waals surface area (Å²) in [6, 6.07) is 5.36. The van der Waals surface area contributed by atoms with E-state index in [1.165, 1.54) is 12.3 Å². The fourth-order valence-corrected chi connectivity index (χ4v) is 2.72. The summed E-state index contributed by atoms with van der Waals surface area (Å²) in [5.74, 6) is 0.434. The first-order chi connectivity index (χ1) is 12.1. The van der Waals surface area contributed by atoms with Crippen LogP contribution in [-0.2, 0) is 6.54 Å². The number of nitrogens with one attached hydrogen (secondary N) is 1. The normalized spacial score (nSPS) is 15.3. The topological polar surface area (TPSA) is 78.5 Å². The van der Waals surface area contributed by atoms with Gasteiger partial charge in [0.05, 0.1) is 0 Å². The predicted octanol–water partition coefficient (Wildman–Crippen LogP) is 2.85. The second kappa shape index (κ2) is 9.22. The Labute approximate surface area is 148 Å². The molecule has 3 heterocycles. The lowest BCUT2D eigenvalue weighted by atomic mass is 10.1. The molecule has 6 nitrogen and oxygen atoms in total. The number of H-pyrrole nitrogens is 1. The standard InChI is InChI=1S/C17H21N3O3.C2H6/c1-12-2-3-17(19-9-12)23-14-4-6-20(7-5-14)11-13-8-15(21)16(22)10-18-13;1-2/h2-3,8-10,14,22H,4-7,11H2,1H3,(H,18,21);1-2H3. The van der Waals surface area contributed by atoms with Gasteiger partial charge in [-0.25, -0.2) is 4.98 Å². The number of aromatic hydroxyl groups is 1. The fraction of sp³-hybridized carbons (Fsp3) is 0.474. The van der Waals surface area contributed by atoms with Crippen LogP contribution in [0.1, 0.15) is 37.9 Å². The monoisotopic (exact) mass is 345 g/mol. The number of rotatable bonds is 4. The molecular formula is C19H27N3O3. The number of ether oxygens (including phenoxy) is 1. The molecule has 136 valence electrons. The minimum absolute atomic E-state index is 0.181. The second-order valence-electron chi connectivity index (χ2n) is 5.97. The van der Waals surface area contributed by atoms with Gasteiger partial charge in [-0.1, -0.05) is 19.9 Å². The molecule has 1 aliphatic rings. The lowest BCUT2D eigenvalue weighted by Gasteiger charge is -2.31. The van der Waals surface area contributed by atoms with Crippen LogP contribution in [0, 0.1) is 6.92 Å². The van der Waals surface area contributed by atoms with Crippen LogP contribution in [0.2, 0.25) is 0 Å². The number of pyridine rings is 2. The van der Waals surface area contributed by atoms with Gasteiger partial charge in [-0.15, -0.1) is 0 Å². The molecule has 0 amide bonds. The third kappa shape index (κ3) is 5.60. The van der Waals surface area contributed by atoms with E-state index >= 15 is 0 Å². The van der Waals surface area contributed by atoms with E-state index in [1.54, 1.807) is 0 Å². The summed E-state index contributed by atoms with van der Waals surface area (Å²) >= 11 is 0.